The molecule has 5 heteroatoms. The second-order valence-corrected chi connectivity index (χ2v) is 10.5. The lowest BCUT2D eigenvalue weighted by molar-refractivity contribution is -0.124. The highest BCUT2D eigenvalue weighted by molar-refractivity contribution is 5.92. The maximum atomic E-state index is 13.1. The van der Waals surface area contributed by atoms with E-state index >= 15 is 0 Å². The molecule has 166 valence electrons. The van der Waals surface area contributed by atoms with E-state index in [9.17, 15) is 4.79 Å². The van der Waals surface area contributed by atoms with E-state index < -0.39 is 0 Å². The molecule has 0 spiro atoms. The number of aryl methyl sites for hydroxylation is 1. The number of nitrogens with zero attached hydrogens (tertiary/aromatic N) is 1. The number of carbonyl (C=O) groups is 1. The average Bonchev–Trinajstić information content (AvgIpc) is 3.17. The van der Waals surface area contributed by atoms with Crippen LogP contribution in [-0.4, -0.2) is 18.0 Å². The van der Waals surface area contributed by atoms with E-state index in [0.717, 1.165) is 45.8 Å². The lowest BCUT2D eigenvalue weighted by atomic mass is 9.49. The largest absolute Gasteiger partial charge is 0.497 e. The molecular weight excluding hydrogens is 400 g/mol. The highest BCUT2D eigenvalue weighted by Gasteiger charge is 2.51. The van der Waals surface area contributed by atoms with Crippen molar-refractivity contribution in [2.45, 2.75) is 51.9 Å². The molecule has 4 aliphatic rings. The molecule has 32 heavy (non-hydrogen) atoms. The first-order valence-electron chi connectivity index (χ1n) is 11.8. The van der Waals surface area contributed by atoms with Gasteiger partial charge in [0.15, 0.2) is 5.58 Å². The van der Waals surface area contributed by atoms with Gasteiger partial charge in [0.05, 0.1) is 7.11 Å². The van der Waals surface area contributed by atoms with Crippen LogP contribution in [0.2, 0.25) is 0 Å². The Morgan fingerprint density at radius 3 is 2.50 bits per heavy atom. The molecule has 4 fully saturated rings. The molecule has 0 atom stereocenters. The topological polar surface area (TPSA) is 64.4 Å². The van der Waals surface area contributed by atoms with E-state index in [1.165, 1.54) is 38.5 Å². The summed E-state index contributed by atoms with van der Waals surface area (Å²) in [5, 5.41) is 3.22. The standard InChI is InChI=1S/C27H30N2O3/c1-16-3-4-20(26-29-23-11-21(31-2)5-6-24(23)32-26)10-22(16)28-25(30)15-27-12-17-7-18(13-27)9-19(8-17)14-27/h3-6,10-11,17-19H,7-9,12-15H2,1-2H3,(H,28,30). The van der Waals surface area contributed by atoms with Crippen molar-refractivity contribution in [3.05, 3.63) is 42.0 Å². The maximum absolute atomic E-state index is 13.1. The number of oxazole rings is 1. The van der Waals surface area contributed by atoms with E-state index in [1.54, 1.807) is 7.11 Å². The van der Waals surface area contributed by atoms with E-state index in [0.29, 0.717) is 17.9 Å². The van der Waals surface area contributed by atoms with Crippen molar-refractivity contribution in [2.75, 3.05) is 12.4 Å². The van der Waals surface area contributed by atoms with Gasteiger partial charge in [0.1, 0.15) is 11.3 Å². The quantitative estimate of drug-likeness (QED) is 0.512. The lowest BCUT2D eigenvalue weighted by Gasteiger charge is -2.56. The Labute approximate surface area is 188 Å². The van der Waals surface area contributed by atoms with Gasteiger partial charge in [0, 0.05) is 23.7 Å². The number of hydrogen-bond acceptors (Lipinski definition) is 4. The van der Waals surface area contributed by atoms with Crippen LogP contribution in [-0.2, 0) is 4.79 Å². The molecule has 3 aromatic rings. The fraction of sp³-hybridized carbons (Fsp3) is 0.481. The summed E-state index contributed by atoms with van der Waals surface area (Å²) in [6.07, 6.45) is 8.60. The van der Waals surface area contributed by atoms with E-state index in [1.807, 2.05) is 43.3 Å². The van der Waals surface area contributed by atoms with Crippen molar-refractivity contribution in [3.8, 4) is 17.2 Å². The van der Waals surface area contributed by atoms with Crippen LogP contribution in [0.25, 0.3) is 22.6 Å². The number of ether oxygens (including phenoxy) is 1. The zero-order valence-electron chi connectivity index (χ0n) is 18.8. The maximum Gasteiger partial charge on any atom is 0.227 e. The van der Waals surface area contributed by atoms with Crippen LogP contribution in [0.4, 0.5) is 5.69 Å². The first-order chi connectivity index (χ1) is 15.5. The summed E-state index contributed by atoms with van der Waals surface area (Å²) in [6.45, 7) is 2.03. The molecule has 4 bridgehead atoms. The number of amides is 1. The summed E-state index contributed by atoms with van der Waals surface area (Å²) >= 11 is 0. The summed E-state index contributed by atoms with van der Waals surface area (Å²) in [5.41, 5.74) is 4.46. The number of benzene rings is 2. The van der Waals surface area contributed by atoms with Gasteiger partial charge < -0.3 is 14.5 Å². The molecule has 7 rings (SSSR count). The molecule has 2 aromatic carbocycles. The number of aromatic nitrogens is 1. The van der Waals surface area contributed by atoms with Gasteiger partial charge in [-0.15, -0.1) is 0 Å². The number of fused-ring (bicyclic) bond motifs is 1. The van der Waals surface area contributed by atoms with Crippen LogP contribution < -0.4 is 10.1 Å². The first-order valence-corrected chi connectivity index (χ1v) is 11.8. The molecule has 0 saturated heterocycles. The van der Waals surface area contributed by atoms with Gasteiger partial charge in [0.25, 0.3) is 0 Å². The summed E-state index contributed by atoms with van der Waals surface area (Å²) < 4.78 is 11.3. The van der Waals surface area contributed by atoms with Crippen molar-refractivity contribution in [1.29, 1.82) is 0 Å². The van der Waals surface area contributed by atoms with E-state index in [4.69, 9.17) is 9.15 Å². The number of methoxy groups -OCH3 is 1. The van der Waals surface area contributed by atoms with Gasteiger partial charge in [0.2, 0.25) is 11.8 Å². The molecular formula is C27H30N2O3. The van der Waals surface area contributed by atoms with Gasteiger partial charge in [-0.2, -0.15) is 0 Å². The molecule has 4 aliphatic carbocycles. The Hall–Kier alpha value is -2.82. The van der Waals surface area contributed by atoms with E-state index in [2.05, 4.69) is 10.3 Å². The van der Waals surface area contributed by atoms with Crippen LogP contribution in [0.5, 0.6) is 5.75 Å². The number of anilines is 1. The summed E-state index contributed by atoms with van der Waals surface area (Å²) in [7, 11) is 1.64. The lowest BCUT2D eigenvalue weighted by Crippen LogP contribution is -2.47. The normalized spacial score (nSPS) is 28.2. The molecule has 1 N–H and O–H groups in total. The third kappa shape index (κ3) is 3.48. The SMILES string of the molecule is COc1ccc2oc(-c3ccc(C)c(NC(=O)CC45CC6CC(CC(C6)C4)C5)c3)nc2c1. The van der Waals surface area contributed by atoms with Crippen molar-refractivity contribution in [1.82, 2.24) is 4.98 Å². The minimum Gasteiger partial charge on any atom is -0.497 e. The molecule has 4 saturated carbocycles. The van der Waals surface area contributed by atoms with Crippen LogP contribution in [0.15, 0.2) is 40.8 Å². The molecule has 0 radical (unpaired) electrons. The number of carbonyl (C=O) groups excluding carboxylic acids is 1. The number of nitrogens with one attached hydrogen (secondary N) is 1. The number of rotatable bonds is 5. The Kier molecular flexibility index (Phi) is 4.56. The van der Waals surface area contributed by atoms with Crippen molar-refractivity contribution in [3.63, 3.8) is 0 Å². The summed E-state index contributed by atoms with van der Waals surface area (Å²) in [6, 6.07) is 11.6. The summed E-state index contributed by atoms with van der Waals surface area (Å²) in [5.74, 6) is 4.02. The minimum atomic E-state index is 0.148. The average molecular weight is 431 g/mol. The third-order valence-corrected chi connectivity index (χ3v) is 8.05. The Bertz CT molecular complexity index is 1160. The van der Waals surface area contributed by atoms with Crippen LogP contribution >= 0.6 is 0 Å². The molecule has 1 aromatic heterocycles. The predicted molar refractivity (Wildman–Crippen MR) is 125 cm³/mol. The van der Waals surface area contributed by atoms with Crippen LogP contribution in [0, 0.1) is 30.1 Å². The highest BCUT2D eigenvalue weighted by Crippen LogP contribution is 2.61. The van der Waals surface area contributed by atoms with Crippen molar-refractivity contribution >= 4 is 22.7 Å². The smallest absolute Gasteiger partial charge is 0.227 e. The fourth-order valence-corrected chi connectivity index (χ4v) is 7.09. The predicted octanol–water partition coefficient (Wildman–Crippen LogP) is 6.36. The second-order valence-electron chi connectivity index (χ2n) is 10.5. The molecule has 5 nitrogen and oxygen atoms in total. The van der Waals surface area contributed by atoms with Gasteiger partial charge in [-0.25, -0.2) is 4.98 Å². The molecule has 0 unspecified atom stereocenters. The van der Waals surface area contributed by atoms with Crippen LogP contribution in [0.3, 0.4) is 0 Å². The number of hydrogen-bond donors (Lipinski definition) is 1. The van der Waals surface area contributed by atoms with Gasteiger partial charge in [-0.3, -0.25) is 4.79 Å². The zero-order chi connectivity index (χ0) is 21.9. The Morgan fingerprint density at radius 2 is 1.81 bits per heavy atom. The zero-order valence-corrected chi connectivity index (χ0v) is 18.8. The monoisotopic (exact) mass is 430 g/mol. The van der Waals surface area contributed by atoms with Crippen molar-refractivity contribution in [2.24, 2.45) is 23.2 Å². The molecule has 1 amide bonds. The molecule has 1 heterocycles. The van der Waals surface area contributed by atoms with Crippen LogP contribution in [0.1, 0.15) is 50.5 Å². The summed E-state index contributed by atoms with van der Waals surface area (Å²) in [4.78, 5) is 17.8. The van der Waals surface area contributed by atoms with Gasteiger partial charge in [-0.05, 0) is 98.4 Å². The highest BCUT2D eigenvalue weighted by atomic mass is 16.5. The Morgan fingerprint density at radius 1 is 1.09 bits per heavy atom. The van der Waals surface area contributed by atoms with Crippen molar-refractivity contribution < 1.29 is 13.9 Å². The third-order valence-electron chi connectivity index (χ3n) is 8.05. The van der Waals surface area contributed by atoms with Gasteiger partial charge in [-0.1, -0.05) is 6.07 Å². The fourth-order valence-electron chi connectivity index (χ4n) is 7.09. The first kappa shape index (κ1) is 19.8. The second kappa shape index (κ2) is 7.36. The minimum absolute atomic E-state index is 0.148. The molecule has 0 aliphatic heterocycles. The van der Waals surface area contributed by atoms with E-state index in [-0.39, 0.29) is 11.3 Å². The van der Waals surface area contributed by atoms with Gasteiger partial charge >= 0.3 is 0 Å². The Balaban J connectivity index is 1.22.